The lowest BCUT2D eigenvalue weighted by molar-refractivity contribution is -0.122. The Morgan fingerprint density at radius 2 is 2.15 bits per heavy atom. The fraction of sp³-hybridized carbons (Fsp3) is 0.857. The van der Waals surface area contributed by atoms with E-state index in [1.807, 2.05) is 0 Å². The molecule has 114 valence electrons. The van der Waals surface area contributed by atoms with Crippen LogP contribution in [0.2, 0.25) is 0 Å². The molecule has 5 nitrogen and oxygen atoms in total. The third-order valence-electron chi connectivity index (χ3n) is 4.72. The smallest absolute Gasteiger partial charge is 0.233 e. The summed E-state index contributed by atoms with van der Waals surface area (Å²) in [6.45, 7) is 2.19. The van der Waals surface area contributed by atoms with E-state index in [1.54, 1.807) is 11.8 Å². The highest BCUT2D eigenvalue weighted by molar-refractivity contribution is 8.00. The van der Waals surface area contributed by atoms with Crippen LogP contribution in [0.4, 0.5) is 0 Å². The summed E-state index contributed by atoms with van der Waals surface area (Å²) in [6, 6.07) is 0. The molecular formula is C14H25N3O2S. The number of rotatable bonds is 4. The summed E-state index contributed by atoms with van der Waals surface area (Å²) in [7, 11) is 0. The van der Waals surface area contributed by atoms with Gasteiger partial charge in [0.2, 0.25) is 5.91 Å². The molecule has 1 unspecified atom stereocenters. The van der Waals surface area contributed by atoms with Gasteiger partial charge in [-0.1, -0.05) is 18.5 Å². The maximum Gasteiger partial charge on any atom is 0.233 e. The molecule has 0 aromatic rings. The Hall–Kier alpha value is -0.910. The zero-order valence-corrected chi connectivity index (χ0v) is 12.9. The van der Waals surface area contributed by atoms with Crippen LogP contribution in [0.3, 0.4) is 0 Å². The van der Waals surface area contributed by atoms with Gasteiger partial charge in [0.25, 0.3) is 0 Å². The minimum atomic E-state index is -0.638. The fourth-order valence-electron chi connectivity index (χ4n) is 3.22. The predicted molar refractivity (Wildman–Crippen MR) is 82.0 cm³/mol. The van der Waals surface area contributed by atoms with Gasteiger partial charge in [-0.15, -0.1) is 11.8 Å². The van der Waals surface area contributed by atoms with Crippen molar-refractivity contribution in [2.24, 2.45) is 16.8 Å². The van der Waals surface area contributed by atoms with Crippen LogP contribution in [0, 0.1) is 5.92 Å². The predicted octanol–water partition coefficient (Wildman–Crippen LogP) is 2.08. The van der Waals surface area contributed by atoms with Gasteiger partial charge in [0.05, 0.1) is 5.25 Å². The van der Waals surface area contributed by atoms with Crippen LogP contribution >= 0.6 is 11.8 Å². The second kappa shape index (κ2) is 6.70. The second-order valence-electron chi connectivity index (χ2n) is 5.91. The van der Waals surface area contributed by atoms with Crippen LogP contribution in [-0.4, -0.2) is 33.5 Å². The number of amides is 1. The monoisotopic (exact) mass is 299 g/mol. The Labute approximate surface area is 124 Å². The Morgan fingerprint density at radius 1 is 1.45 bits per heavy atom. The zero-order chi connectivity index (χ0) is 14.6. The number of carbonyl (C=O) groups excluding carboxylic acids is 1. The van der Waals surface area contributed by atoms with Crippen LogP contribution in [0.25, 0.3) is 0 Å². The first-order valence-electron chi connectivity index (χ1n) is 7.53. The molecule has 0 aromatic carbocycles. The van der Waals surface area contributed by atoms with Crippen LogP contribution in [0.5, 0.6) is 0 Å². The van der Waals surface area contributed by atoms with Crippen molar-refractivity contribution in [2.45, 2.75) is 62.7 Å². The maximum absolute atomic E-state index is 12.4. The molecule has 1 aliphatic carbocycles. The summed E-state index contributed by atoms with van der Waals surface area (Å²) in [5, 5.41) is 15.4. The number of carbonyl (C=O) groups is 1. The van der Waals surface area contributed by atoms with Gasteiger partial charge in [0.15, 0.2) is 5.84 Å². The van der Waals surface area contributed by atoms with E-state index < -0.39 is 5.54 Å². The number of thioether (sulfide) groups is 1. The van der Waals surface area contributed by atoms with E-state index in [9.17, 15) is 4.79 Å². The van der Waals surface area contributed by atoms with Crippen molar-refractivity contribution < 1.29 is 10.0 Å². The third-order valence-corrected chi connectivity index (χ3v) is 6.10. The fourth-order valence-corrected chi connectivity index (χ4v) is 4.38. The standard InChI is InChI=1S/C14H25N3O2S/c1-2-10-5-7-14(8-6-10,13(15)17-19)16-12(18)11-4-3-9-20-11/h10-11,19H,2-9H2,1H3,(H2,15,17)(H,16,18). The Morgan fingerprint density at radius 3 is 2.65 bits per heavy atom. The number of nitrogens with one attached hydrogen (secondary N) is 1. The number of amidine groups is 1. The molecular weight excluding hydrogens is 274 g/mol. The van der Waals surface area contributed by atoms with Gasteiger partial charge in [0, 0.05) is 0 Å². The average Bonchev–Trinajstić information content (AvgIpc) is 3.01. The molecule has 1 saturated carbocycles. The topological polar surface area (TPSA) is 87.7 Å². The van der Waals surface area contributed by atoms with Gasteiger partial charge in [-0.2, -0.15) is 0 Å². The lowest BCUT2D eigenvalue weighted by atomic mass is 9.75. The van der Waals surface area contributed by atoms with E-state index in [-0.39, 0.29) is 17.0 Å². The van der Waals surface area contributed by atoms with Gasteiger partial charge in [-0.05, 0) is 50.2 Å². The van der Waals surface area contributed by atoms with Crippen molar-refractivity contribution in [2.75, 3.05) is 5.75 Å². The summed E-state index contributed by atoms with van der Waals surface area (Å²) >= 11 is 1.71. The Bertz CT molecular complexity index is 373. The van der Waals surface area contributed by atoms with Crippen LogP contribution in [-0.2, 0) is 4.79 Å². The summed E-state index contributed by atoms with van der Waals surface area (Å²) < 4.78 is 0. The van der Waals surface area contributed by atoms with E-state index in [0.717, 1.165) is 50.7 Å². The van der Waals surface area contributed by atoms with Crippen LogP contribution in [0.15, 0.2) is 5.16 Å². The van der Waals surface area contributed by atoms with E-state index in [1.165, 1.54) is 0 Å². The van der Waals surface area contributed by atoms with Crippen LogP contribution < -0.4 is 11.1 Å². The van der Waals surface area contributed by atoms with Gasteiger partial charge in [-0.3, -0.25) is 4.79 Å². The van der Waals surface area contributed by atoms with Crippen molar-refractivity contribution in [1.82, 2.24) is 5.32 Å². The van der Waals surface area contributed by atoms with Crippen LogP contribution in [0.1, 0.15) is 51.9 Å². The molecule has 4 N–H and O–H groups in total. The molecule has 1 atom stereocenters. The molecule has 2 rings (SSSR count). The van der Waals surface area contributed by atoms with Crippen molar-refractivity contribution >= 4 is 23.5 Å². The molecule has 1 heterocycles. The molecule has 1 amide bonds. The molecule has 1 aliphatic heterocycles. The molecule has 0 spiro atoms. The Kier molecular flexibility index (Phi) is 5.18. The molecule has 2 aliphatic rings. The van der Waals surface area contributed by atoms with Gasteiger partial charge >= 0.3 is 0 Å². The second-order valence-corrected chi connectivity index (χ2v) is 7.22. The average molecular weight is 299 g/mol. The van der Waals surface area contributed by atoms with Crippen molar-refractivity contribution in [3.8, 4) is 0 Å². The van der Waals surface area contributed by atoms with Crippen molar-refractivity contribution in [1.29, 1.82) is 0 Å². The maximum atomic E-state index is 12.4. The number of hydrogen-bond acceptors (Lipinski definition) is 4. The third kappa shape index (κ3) is 3.22. The molecule has 20 heavy (non-hydrogen) atoms. The van der Waals surface area contributed by atoms with E-state index in [2.05, 4.69) is 17.4 Å². The van der Waals surface area contributed by atoms with Gasteiger partial charge in [-0.25, -0.2) is 0 Å². The van der Waals surface area contributed by atoms with E-state index in [4.69, 9.17) is 10.9 Å². The highest BCUT2D eigenvalue weighted by Crippen LogP contribution is 2.35. The molecule has 2 fully saturated rings. The zero-order valence-electron chi connectivity index (χ0n) is 12.1. The number of nitrogens with two attached hydrogens (primary N) is 1. The normalized spacial score (nSPS) is 35.0. The molecule has 0 radical (unpaired) electrons. The minimum absolute atomic E-state index is 0.0299. The number of oxime groups is 1. The quantitative estimate of drug-likeness (QED) is 0.321. The minimum Gasteiger partial charge on any atom is -0.409 e. The first kappa shape index (κ1) is 15.5. The van der Waals surface area contributed by atoms with E-state index >= 15 is 0 Å². The number of nitrogens with zero attached hydrogens (tertiary/aromatic N) is 1. The molecule has 0 bridgehead atoms. The van der Waals surface area contributed by atoms with Gasteiger partial charge in [0.1, 0.15) is 5.54 Å². The summed E-state index contributed by atoms with van der Waals surface area (Å²) in [5.41, 5.74) is 5.26. The molecule has 6 heteroatoms. The first-order chi connectivity index (χ1) is 9.61. The highest BCUT2D eigenvalue weighted by atomic mass is 32.2. The highest BCUT2D eigenvalue weighted by Gasteiger charge is 2.41. The summed E-state index contributed by atoms with van der Waals surface area (Å²) in [5.74, 6) is 1.94. The molecule has 1 saturated heterocycles. The summed E-state index contributed by atoms with van der Waals surface area (Å²) in [6.07, 6.45) is 6.75. The van der Waals surface area contributed by atoms with Crippen molar-refractivity contribution in [3.63, 3.8) is 0 Å². The lowest BCUT2D eigenvalue weighted by Crippen LogP contribution is -2.60. The van der Waals surface area contributed by atoms with E-state index in [0.29, 0.717) is 5.92 Å². The largest absolute Gasteiger partial charge is 0.409 e. The summed E-state index contributed by atoms with van der Waals surface area (Å²) in [4.78, 5) is 12.4. The SMILES string of the molecule is CCC1CCC(NC(=O)C2CCCS2)(C(N)=NO)CC1. The van der Waals surface area contributed by atoms with Crippen molar-refractivity contribution in [3.05, 3.63) is 0 Å². The first-order valence-corrected chi connectivity index (χ1v) is 8.58. The lowest BCUT2D eigenvalue weighted by Gasteiger charge is -2.40. The molecule has 0 aromatic heterocycles. The van der Waals surface area contributed by atoms with Gasteiger partial charge < -0.3 is 16.3 Å². The number of hydrogen-bond donors (Lipinski definition) is 3. The Balaban J connectivity index is 2.06.